The maximum atomic E-state index is 12.9. The van der Waals surface area contributed by atoms with Gasteiger partial charge < -0.3 is 10.6 Å². The first-order valence-electron chi connectivity index (χ1n) is 10.5. The number of carbonyl (C=O) groups excluding carboxylic acids is 2. The first-order valence-corrected chi connectivity index (χ1v) is 11.9. The van der Waals surface area contributed by atoms with Crippen molar-refractivity contribution < 1.29 is 18.0 Å². The molecule has 33 heavy (non-hydrogen) atoms. The predicted octanol–water partition coefficient (Wildman–Crippen LogP) is 3.75. The number of carbonyl (C=O) groups is 2. The monoisotopic (exact) mass is 465 g/mol. The number of hydrogen-bond donors (Lipinski definition) is 2. The Balaban J connectivity index is 1.69. The zero-order valence-electron chi connectivity index (χ0n) is 18.8. The number of aryl methyl sites for hydroxylation is 1. The Labute approximate surface area is 194 Å². The number of likely N-dealkylation sites (N-methyl/N-ethyl adjacent to an activating group) is 1. The molecule has 0 spiro atoms. The molecule has 3 rings (SSSR count). The number of rotatable bonds is 8. The third kappa shape index (κ3) is 6.06. The highest BCUT2D eigenvalue weighted by Gasteiger charge is 2.23. The van der Waals surface area contributed by atoms with E-state index in [1.54, 1.807) is 36.4 Å². The van der Waals surface area contributed by atoms with Crippen LogP contribution in [0.5, 0.6) is 0 Å². The molecule has 0 heterocycles. The van der Waals surface area contributed by atoms with Crippen molar-refractivity contribution >= 4 is 27.5 Å². The van der Waals surface area contributed by atoms with E-state index in [2.05, 4.69) is 10.6 Å². The Kier molecular flexibility index (Phi) is 7.63. The zero-order valence-corrected chi connectivity index (χ0v) is 19.6. The summed E-state index contributed by atoms with van der Waals surface area (Å²) in [7, 11) is -2.48. The van der Waals surface area contributed by atoms with E-state index in [9.17, 15) is 18.0 Å². The molecule has 8 heteroatoms. The topological polar surface area (TPSA) is 95.6 Å². The van der Waals surface area contributed by atoms with Gasteiger partial charge in [0, 0.05) is 7.05 Å². The predicted molar refractivity (Wildman–Crippen MR) is 128 cm³/mol. The van der Waals surface area contributed by atoms with Crippen molar-refractivity contribution in [2.24, 2.45) is 0 Å². The highest BCUT2D eigenvalue weighted by molar-refractivity contribution is 7.89. The fourth-order valence-corrected chi connectivity index (χ4v) is 4.38. The van der Waals surface area contributed by atoms with E-state index in [1.165, 1.54) is 19.2 Å². The Bertz CT molecular complexity index is 1230. The second kappa shape index (κ2) is 10.4. The zero-order chi connectivity index (χ0) is 24.0. The van der Waals surface area contributed by atoms with Crippen LogP contribution < -0.4 is 10.6 Å². The van der Waals surface area contributed by atoms with Crippen molar-refractivity contribution in [3.05, 3.63) is 95.6 Å². The molecule has 3 aromatic rings. The summed E-state index contributed by atoms with van der Waals surface area (Å²) in [5.41, 5.74) is 2.49. The molecule has 0 fully saturated rings. The molecule has 0 saturated heterocycles. The summed E-state index contributed by atoms with van der Waals surface area (Å²) in [6, 6.07) is 22.3. The van der Waals surface area contributed by atoms with Gasteiger partial charge in [-0.25, -0.2) is 8.42 Å². The van der Waals surface area contributed by atoms with Crippen LogP contribution in [0.3, 0.4) is 0 Å². The molecule has 0 saturated carbocycles. The second-order valence-electron chi connectivity index (χ2n) is 7.77. The number of nitrogens with one attached hydrogen (secondary N) is 2. The van der Waals surface area contributed by atoms with Gasteiger partial charge >= 0.3 is 0 Å². The molecular formula is C25H27N3O4S. The molecule has 0 aliphatic heterocycles. The maximum absolute atomic E-state index is 12.9. The largest absolute Gasteiger partial charge is 0.345 e. The molecule has 0 aliphatic rings. The molecule has 0 bridgehead atoms. The van der Waals surface area contributed by atoms with Gasteiger partial charge in [0.15, 0.2) is 0 Å². The lowest BCUT2D eigenvalue weighted by Crippen LogP contribution is -2.35. The minimum Gasteiger partial charge on any atom is -0.345 e. The summed E-state index contributed by atoms with van der Waals surface area (Å²) < 4.78 is 26.5. The number of para-hydroxylation sites is 1. The molecule has 2 N–H and O–H groups in total. The van der Waals surface area contributed by atoms with Crippen LogP contribution in [-0.4, -0.2) is 38.1 Å². The molecular weight excluding hydrogens is 438 g/mol. The van der Waals surface area contributed by atoms with Gasteiger partial charge in [0.2, 0.25) is 15.9 Å². The fourth-order valence-electron chi connectivity index (χ4n) is 3.26. The Morgan fingerprint density at radius 2 is 1.52 bits per heavy atom. The summed E-state index contributed by atoms with van der Waals surface area (Å²) in [6.07, 6.45) is 0. The molecule has 3 aromatic carbocycles. The van der Waals surface area contributed by atoms with Gasteiger partial charge in [-0.15, -0.1) is 0 Å². The summed E-state index contributed by atoms with van der Waals surface area (Å²) >= 11 is 0. The highest BCUT2D eigenvalue weighted by Crippen LogP contribution is 2.19. The quantitative estimate of drug-likeness (QED) is 0.530. The minimum absolute atomic E-state index is 0.109. The summed E-state index contributed by atoms with van der Waals surface area (Å²) in [6.45, 7) is 3.34. The number of nitrogens with zero attached hydrogens (tertiary/aromatic N) is 1. The summed E-state index contributed by atoms with van der Waals surface area (Å²) in [4.78, 5) is 25.6. The molecule has 0 unspecified atom stereocenters. The third-order valence-corrected chi connectivity index (χ3v) is 7.01. The lowest BCUT2D eigenvalue weighted by Gasteiger charge is -2.19. The lowest BCUT2D eigenvalue weighted by molar-refractivity contribution is -0.116. The van der Waals surface area contributed by atoms with E-state index < -0.39 is 22.5 Å². The van der Waals surface area contributed by atoms with Crippen molar-refractivity contribution in [3.8, 4) is 0 Å². The highest BCUT2D eigenvalue weighted by atomic mass is 32.2. The lowest BCUT2D eigenvalue weighted by atomic mass is 10.1. The van der Waals surface area contributed by atoms with Crippen molar-refractivity contribution in [2.45, 2.75) is 24.8 Å². The standard InChI is InChI=1S/C25H27N3O4S/c1-18-13-15-21(16-14-18)33(31,32)28(3)17-24(29)27-23-12-8-7-11-22(23)25(30)26-19(2)20-9-5-4-6-10-20/h4-16,19H,17H2,1-3H3,(H,26,30)(H,27,29)/t19-/m1/s1. The molecule has 172 valence electrons. The number of sulfonamides is 1. The van der Waals surface area contributed by atoms with Crippen molar-refractivity contribution in [1.82, 2.24) is 9.62 Å². The van der Waals surface area contributed by atoms with Gasteiger partial charge in [-0.1, -0.05) is 60.2 Å². The van der Waals surface area contributed by atoms with E-state index in [0.717, 1.165) is 15.4 Å². The van der Waals surface area contributed by atoms with Crippen LogP contribution >= 0.6 is 0 Å². The maximum Gasteiger partial charge on any atom is 0.253 e. The smallest absolute Gasteiger partial charge is 0.253 e. The van der Waals surface area contributed by atoms with Crippen LogP contribution in [0, 0.1) is 6.92 Å². The first-order chi connectivity index (χ1) is 15.7. The van der Waals surface area contributed by atoms with Crippen LogP contribution in [0.4, 0.5) is 5.69 Å². The second-order valence-corrected chi connectivity index (χ2v) is 9.82. The third-order valence-electron chi connectivity index (χ3n) is 5.19. The summed E-state index contributed by atoms with van der Waals surface area (Å²) in [5, 5.41) is 5.58. The average molecular weight is 466 g/mol. The van der Waals surface area contributed by atoms with Crippen molar-refractivity contribution in [3.63, 3.8) is 0 Å². The number of amides is 2. The Hall–Kier alpha value is -3.49. The first kappa shape index (κ1) is 24.2. The van der Waals surface area contributed by atoms with Crippen LogP contribution in [-0.2, 0) is 14.8 Å². The Morgan fingerprint density at radius 3 is 2.18 bits per heavy atom. The van der Waals surface area contributed by atoms with Crippen LogP contribution in [0.25, 0.3) is 0 Å². The fraction of sp³-hybridized carbons (Fsp3) is 0.200. The van der Waals surface area contributed by atoms with E-state index in [1.807, 2.05) is 44.2 Å². The number of anilines is 1. The van der Waals surface area contributed by atoms with Gasteiger partial charge in [-0.2, -0.15) is 4.31 Å². The van der Waals surface area contributed by atoms with Gasteiger partial charge in [0.25, 0.3) is 5.91 Å². The van der Waals surface area contributed by atoms with Gasteiger partial charge in [0.1, 0.15) is 0 Å². The average Bonchev–Trinajstić information content (AvgIpc) is 2.80. The van der Waals surface area contributed by atoms with Gasteiger partial charge in [0.05, 0.1) is 28.7 Å². The van der Waals surface area contributed by atoms with E-state index in [-0.39, 0.29) is 22.4 Å². The molecule has 7 nitrogen and oxygen atoms in total. The molecule has 2 amide bonds. The van der Waals surface area contributed by atoms with Crippen LogP contribution in [0.1, 0.15) is 34.5 Å². The molecule has 1 atom stereocenters. The van der Waals surface area contributed by atoms with Gasteiger partial charge in [-0.3, -0.25) is 9.59 Å². The van der Waals surface area contributed by atoms with Gasteiger partial charge in [-0.05, 0) is 43.7 Å². The van der Waals surface area contributed by atoms with Crippen molar-refractivity contribution in [1.29, 1.82) is 0 Å². The molecule has 0 radical (unpaired) electrons. The summed E-state index contributed by atoms with van der Waals surface area (Å²) in [5.74, 6) is -0.896. The molecule has 0 aromatic heterocycles. The van der Waals surface area contributed by atoms with Crippen molar-refractivity contribution in [2.75, 3.05) is 18.9 Å². The minimum atomic E-state index is -3.82. The van der Waals surface area contributed by atoms with E-state index in [4.69, 9.17) is 0 Å². The van der Waals surface area contributed by atoms with Crippen LogP contribution in [0.15, 0.2) is 83.8 Å². The SMILES string of the molecule is Cc1ccc(S(=O)(=O)N(C)CC(=O)Nc2ccccc2C(=O)N[C@H](C)c2ccccc2)cc1. The Morgan fingerprint density at radius 1 is 0.909 bits per heavy atom. The molecule has 0 aliphatic carbocycles. The van der Waals surface area contributed by atoms with E-state index in [0.29, 0.717) is 5.69 Å². The van der Waals surface area contributed by atoms with Crippen LogP contribution in [0.2, 0.25) is 0 Å². The van der Waals surface area contributed by atoms with E-state index >= 15 is 0 Å². The number of benzene rings is 3. The normalized spacial score (nSPS) is 12.2. The number of hydrogen-bond acceptors (Lipinski definition) is 4.